The molecule has 1 heterocycles. The van der Waals surface area contributed by atoms with Crippen LogP contribution in [0.1, 0.15) is 20.8 Å². The van der Waals surface area contributed by atoms with Gasteiger partial charge in [-0.1, -0.05) is 32.5 Å². The molecule has 6 heteroatoms. The summed E-state index contributed by atoms with van der Waals surface area (Å²) < 4.78 is 26.5. The summed E-state index contributed by atoms with van der Waals surface area (Å²) in [5.41, 5.74) is 2.10. The SMILES string of the molecule is CC(C)C(C)Sc1nc(NN)c(F)cc1F. The van der Waals surface area contributed by atoms with E-state index < -0.39 is 11.6 Å². The molecular formula is C10H15F2N3S. The Morgan fingerprint density at radius 1 is 1.31 bits per heavy atom. The standard InChI is InChI=1S/C10H15F2N3S/c1-5(2)6(3)16-10-8(12)4-7(11)9(14-10)15-13/h4-6H,13H2,1-3H3,(H,14,15). The van der Waals surface area contributed by atoms with Crippen molar-refractivity contribution in [2.24, 2.45) is 11.8 Å². The highest BCUT2D eigenvalue weighted by Gasteiger charge is 2.16. The van der Waals surface area contributed by atoms with Gasteiger partial charge in [-0.05, 0) is 5.92 Å². The minimum atomic E-state index is -0.790. The summed E-state index contributed by atoms with van der Waals surface area (Å²) in [6.07, 6.45) is 0. The molecule has 0 aliphatic heterocycles. The van der Waals surface area contributed by atoms with E-state index in [1.54, 1.807) is 0 Å². The van der Waals surface area contributed by atoms with Crippen LogP contribution in [0.3, 0.4) is 0 Å². The average Bonchev–Trinajstić information content (AvgIpc) is 2.21. The van der Waals surface area contributed by atoms with Crippen molar-refractivity contribution in [3.8, 4) is 0 Å². The van der Waals surface area contributed by atoms with Crippen LogP contribution in [-0.4, -0.2) is 10.2 Å². The van der Waals surface area contributed by atoms with Crippen molar-refractivity contribution in [2.45, 2.75) is 31.0 Å². The molecule has 0 radical (unpaired) electrons. The van der Waals surface area contributed by atoms with E-state index in [1.807, 2.05) is 20.8 Å². The van der Waals surface area contributed by atoms with Gasteiger partial charge in [0.1, 0.15) is 5.03 Å². The third kappa shape index (κ3) is 3.05. The highest BCUT2D eigenvalue weighted by atomic mass is 32.2. The van der Waals surface area contributed by atoms with Gasteiger partial charge in [0.25, 0.3) is 0 Å². The van der Waals surface area contributed by atoms with Gasteiger partial charge >= 0.3 is 0 Å². The molecule has 90 valence electrons. The molecule has 1 unspecified atom stereocenters. The van der Waals surface area contributed by atoms with Crippen molar-refractivity contribution >= 4 is 17.6 Å². The van der Waals surface area contributed by atoms with Gasteiger partial charge < -0.3 is 5.43 Å². The summed E-state index contributed by atoms with van der Waals surface area (Å²) >= 11 is 1.27. The first kappa shape index (κ1) is 13.2. The Morgan fingerprint density at radius 3 is 2.44 bits per heavy atom. The lowest BCUT2D eigenvalue weighted by atomic mass is 10.2. The van der Waals surface area contributed by atoms with Gasteiger partial charge in [-0.2, -0.15) is 0 Å². The molecule has 0 spiro atoms. The number of nitrogens with two attached hydrogens (primary N) is 1. The molecule has 0 aromatic carbocycles. The first-order valence-corrected chi connectivity index (χ1v) is 5.83. The summed E-state index contributed by atoms with van der Waals surface area (Å²) in [4.78, 5) is 3.79. The quantitative estimate of drug-likeness (QED) is 0.488. The molecule has 1 aromatic heterocycles. The summed E-state index contributed by atoms with van der Waals surface area (Å²) in [7, 11) is 0. The smallest absolute Gasteiger partial charge is 0.177 e. The highest BCUT2D eigenvalue weighted by Crippen LogP contribution is 2.30. The van der Waals surface area contributed by atoms with E-state index in [1.165, 1.54) is 11.8 Å². The number of nitrogen functional groups attached to an aromatic ring is 1. The number of aromatic nitrogens is 1. The molecule has 0 bridgehead atoms. The number of hydrogen-bond acceptors (Lipinski definition) is 4. The van der Waals surface area contributed by atoms with E-state index in [0.717, 1.165) is 6.07 Å². The fraction of sp³-hybridized carbons (Fsp3) is 0.500. The first-order chi connectivity index (χ1) is 7.45. The molecule has 0 aliphatic carbocycles. The maximum atomic E-state index is 13.4. The van der Waals surface area contributed by atoms with Crippen molar-refractivity contribution in [3.05, 3.63) is 17.7 Å². The Morgan fingerprint density at radius 2 is 1.94 bits per heavy atom. The number of nitrogens with zero attached hydrogens (tertiary/aromatic N) is 1. The molecule has 0 aliphatic rings. The van der Waals surface area contributed by atoms with Gasteiger partial charge in [-0.15, -0.1) is 0 Å². The Balaban J connectivity index is 2.96. The largest absolute Gasteiger partial charge is 0.306 e. The van der Waals surface area contributed by atoms with Crippen LogP contribution in [0.4, 0.5) is 14.6 Å². The van der Waals surface area contributed by atoms with Crippen molar-refractivity contribution in [1.82, 2.24) is 4.98 Å². The number of thioether (sulfide) groups is 1. The second kappa shape index (κ2) is 5.45. The van der Waals surface area contributed by atoms with E-state index in [0.29, 0.717) is 5.92 Å². The lowest BCUT2D eigenvalue weighted by molar-refractivity contribution is 0.549. The molecule has 16 heavy (non-hydrogen) atoms. The lowest BCUT2D eigenvalue weighted by Crippen LogP contribution is -2.13. The van der Waals surface area contributed by atoms with Crippen LogP contribution < -0.4 is 11.3 Å². The number of hydrogen-bond donors (Lipinski definition) is 2. The predicted octanol–water partition coefficient (Wildman–Crippen LogP) is 2.78. The minimum absolute atomic E-state index is 0.139. The van der Waals surface area contributed by atoms with Crippen molar-refractivity contribution in [2.75, 3.05) is 5.43 Å². The van der Waals surface area contributed by atoms with E-state index in [4.69, 9.17) is 5.84 Å². The molecule has 0 saturated carbocycles. The zero-order chi connectivity index (χ0) is 12.3. The summed E-state index contributed by atoms with van der Waals surface area (Å²) in [5.74, 6) is 3.87. The third-order valence-corrected chi connectivity index (χ3v) is 3.70. The average molecular weight is 247 g/mol. The molecule has 0 fully saturated rings. The van der Waals surface area contributed by atoms with Crippen molar-refractivity contribution in [3.63, 3.8) is 0 Å². The highest BCUT2D eigenvalue weighted by molar-refractivity contribution is 7.99. The maximum Gasteiger partial charge on any atom is 0.177 e. The van der Waals surface area contributed by atoms with E-state index >= 15 is 0 Å². The number of rotatable bonds is 4. The molecule has 1 aromatic rings. The zero-order valence-electron chi connectivity index (χ0n) is 9.42. The first-order valence-electron chi connectivity index (χ1n) is 4.95. The lowest BCUT2D eigenvalue weighted by Gasteiger charge is -2.15. The molecule has 3 nitrogen and oxygen atoms in total. The fourth-order valence-electron chi connectivity index (χ4n) is 0.946. The van der Waals surface area contributed by atoms with Crippen molar-refractivity contribution < 1.29 is 8.78 Å². The van der Waals surface area contributed by atoms with Crippen LogP contribution in [0, 0.1) is 17.6 Å². The van der Waals surface area contributed by atoms with Gasteiger partial charge in [-0.3, -0.25) is 0 Å². The monoisotopic (exact) mass is 247 g/mol. The maximum absolute atomic E-state index is 13.4. The predicted molar refractivity (Wildman–Crippen MR) is 62.1 cm³/mol. The summed E-state index contributed by atoms with van der Waals surface area (Å²) in [6, 6.07) is 0.789. The summed E-state index contributed by atoms with van der Waals surface area (Å²) in [6.45, 7) is 6.03. The van der Waals surface area contributed by atoms with E-state index in [2.05, 4.69) is 10.4 Å². The second-order valence-corrected chi connectivity index (χ2v) is 5.18. The molecule has 3 N–H and O–H groups in total. The van der Waals surface area contributed by atoms with Gasteiger partial charge in [-0.25, -0.2) is 19.6 Å². The summed E-state index contributed by atoms with van der Waals surface area (Å²) in [5, 5.41) is 0.355. The molecule has 0 amide bonds. The molecular weight excluding hydrogens is 232 g/mol. The molecule has 1 atom stereocenters. The minimum Gasteiger partial charge on any atom is -0.306 e. The Kier molecular flexibility index (Phi) is 4.49. The second-order valence-electron chi connectivity index (χ2n) is 3.82. The normalized spacial score (nSPS) is 12.9. The number of pyridine rings is 1. The van der Waals surface area contributed by atoms with Crippen LogP contribution in [-0.2, 0) is 0 Å². The number of anilines is 1. The third-order valence-electron chi connectivity index (χ3n) is 2.27. The van der Waals surface area contributed by atoms with Crippen LogP contribution in [0.15, 0.2) is 11.1 Å². The van der Waals surface area contributed by atoms with E-state index in [-0.39, 0.29) is 16.1 Å². The van der Waals surface area contributed by atoms with Crippen molar-refractivity contribution in [1.29, 1.82) is 0 Å². The van der Waals surface area contributed by atoms with Crippen LogP contribution in [0.2, 0.25) is 0 Å². The van der Waals surface area contributed by atoms with Crippen LogP contribution in [0.25, 0.3) is 0 Å². The van der Waals surface area contributed by atoms with E-state index in [9.17, 15) is 8.78 Å². The zero-order valence-corrected chi connectivity index (χ0v) is 10.2. The van der Waals surface area contributed by atoms with Gasteiger partial charge in [0, 0.05) is 11.3 Å². The van der Waals surface area contributed by atoms with Crippen LogP contribution >= 0.6 is 11.8 Å². The van der Waals surface area contributed by atoms with Gasteiger partial charge in [0.15, 0.2) is 17.5 Å². The fourth-order valence-corrected chi connectivity index (χ4v) is 1.89. The van der Waals surface area contributed by atoms with Gasteiger partial charge in [0.2, 0.25) is 0 Å². The molecule has 0 saturated heterocycles. The number of nitrogens with one attached hydrogen (secondary N) is 1. The number of hydrazine groups is 1. The molecule has 1 rings (SSSR count). The van der Waals surface area contributed by atoms with Gasteiger partial charge in [0.05, 0.1) is 0 Å². The number of halogens is 2. The Bertz CT molecular complexity index is 371. The Hall–Kier alpha value is -0.880. The Labute approximate surface area is 97.8 Å². The van der Waals surface area contributed by atoms with Crippen LogP contribution in [0.5, 0.6) is 0 Å². The topological polar surface area (TPSA) is 50.9 Å².